The van der Waals surface area contributed by atoms with Gasteiger partial charge in [-0.05, 0) is 52.9 Å². The van der Waals surface area contributed by atoms with Crippen LogP contribution in [0.1, 0.15) is 26.8 Å². The third kappa shape index (κ3) is 4.47. The quantitative estimate of drug-likeness (QED) is 0.211. The number of anilines is 1. The molecule has 38 heavy (non-hydrogen) atoms. The van der Waals surface area contributed by atoms with Crippen LogP contribution in [-0.2, 0) is 11.4 Å². The summed E-state index contributed by atoms with van der Waals surface area (Å²) in [5, 5.41) is 13.7. The van der Waals surface area contributed by atoms with E-state index < -0.39 is 23.5 Å². The van der Waals surface area contributed by atoms with Gasteiger partial charge in [0.1, 0.15) is 12.4 Å². The number of thiazole rings is 1. The topological polar surface area (TPSA) is 79.7 Å². The lowest BCUT2D eigenvalue weighted by Crippen LogP contribution is -2.30. The van der Waals surface area contributed by atoms with Crippen LogP contribution in [0.3, 0.4) is 0 Å². The molecule has 3 heterocycles. The number of fused-ring (bicyclic) bond motifs is 1. The van der Waals surface area contributed by atoms with Crippen LogP contribution in [-0.4, -0.2) is 21.8 Å². The zero-order chi connectivity index (χ0) is 26.2. The van der Waals surface area contributed by atoms with Crippen molar-refractivity contribution in [2.75, 3.05) is 4.90 Å². The van der Waals surface area contributed by atoms with E-state index in [1.165, 1.54) is 27.6 Å². The van der Waals surface area contributed by atoms with Crippen molar-refractivity contribution in [3.8, 4) is 5.75 Å². The van der Waals surface area contributed by atoms with Gasteiger partial charge in [-0.25, -0.2) is 4.98 Å². The Hall–Kier alpha value is -3.98. The van der Waals surface area contributed by atoms with Crippen LogP contribution < -0.4 is 9.64 Å². The van der Waals surface area contributed by atoms with Crippen molar-refractivity contribution in [1.82, 2.24) is 4.98 Å². The van der Waals surface area contributed by atoms with Gasteiger partial charge in [0.05, 0.1) is 26.7 Å². The first-order valence-electron chi connectivity index (χ1n) is 11.7. The third-order valence-electron chi connectivity index (χ3n) is 6.17. The number of amides is 1. The molecule has 1 aliphatic rings. The molecule has 6 nitrogen and oxygen atoms in total. The molecule has 6 rings (SSSR count). The molecule has 5 aromatic rings. The summed E-state index contributed by atoms with van der Waals surface area (Å²) >= 11 is 8.69. The van der Waals surface area contributed by atoms with Crippen molar-refractivity contribution in [3.05, 3.63) is 123 Å². The molecule has 0 radical (unpaired) electrons. The maximum absolute atomic E-state index is 13.6. The van der Waals surface area contributed by atoms with Gasteiger partial charge in [-0.1, -0.05) is 71.5 Å². The van der Waals surface area contributed by atoms with E-state index >= 15 is 0 Å². The lowest BCUT2D eigenvalue weighted by Gasteiger charge is -2.24. The van der Waals surface area contributed by atoms with Crippen molar-refractivity contribution in [2.24, 2.45) is 0 Å². The Labute approximate surface area is 231 Å². The van der Waals surface area contributed by atoms with Crippen LogP contribution in [0.25, 0.3) is 10.2 Å². The summed E-state index contributed by atoms with van der Waals surface area (Å²) < 4.78 is 6.81. The van der Waals surface area contributed by atoms with Gasteiger partial charge in [0.25, 0.3) is 5.91 Å². The highest BCUT2D eigenvalue weighted by atomic mass is 35.5. The number of halogens is 1. The van der Waals surface area contributed by atoms with Crippen LogP contribution in [0.2, 0.25) is 5.02 Å². The number of ketones is 1. The Bertz CT molecular complexity index is 1700. The number of hydrogen-bond donors (Lipinski definition) is 1. The molecule has 0 bridgehead atoms. The highest BCUT2D eigenvalue weighted by molar-refractivity contribution is 7.22. The standard InChI is InChI=1S/C29H19ClN2O4S2/c30-19-11-12-21-23(15-19)38-29(31-21)32-25(24(27(34)28(32)35)26(33)22-10-5-13-37-22)18-8-4-9-20(14-18)36-16-17-6-2-1-3-7-17/h1-15,25,34H,16H2. The fourth-order valence-corrected chi connectivity index (χ4v) is 6.34. The lowest BCUT2D eigenvalue weighted by atomic mass is 9.95. The molecule has 188 valence electrons. The number of aliphatic hydroxyl groups excluding tert-OH is 1. The molecule has 0 fully saturated rings. The summed E-state index contributed by atoms with van der Waals surface area (Å²) in [6, 6.07) is 24.8. The van der Waals surface area contributed by atoms with Gasteiger partial charge >= 0.3 is 0 Å². The van der Waals surface area contributed by atoms with E-state index in [-0.39, 0.29) is 5.57 Å². The van der Waals surface area contributed by atoms with E-state index in [1.54, 1.807) is 47.8 Å². The van der Waals surface area contributed by atoms with Crippen LogP contribution in [0.4, 0.5) is 5.13 Å². The average molecular weight is 559 g/mol. The van der Waals surface area contributed by atoms with E-state index in [0.29, 0.717) is 38.5 Å². The second-order valence-electron chi connectivity index (χ2n) is 8.60. The molecule has 3 aromatic carbocycles. The molecule has 2 aromatic heterocycles. The van der Waals surface area contributed by atoms with Crippen molar-refractivity contribution < 1.29 is 19.4 Å². The van der Waals surface area contributed by atoms with E-state index in [9.17, 15) is 14.7 Å². The lowest BCUT2D eigenvalue weighted by molar-refractivity contribution is -0.117. The number of carbonyl (C=O) groups is 2. The summed E-state index contributed by atoms with van der Waals surface area (Å²) in [5.74, 6) is -1.10. The van der Waals surface area contributed by atoms with Crippen LogP contribution in [0, 0.1) is 0 Å². The van der Waals surface area contributed by atoms with Gasteiger partial charge in [-0.3, -0.25) is 14.5 Å². The fraction of sp³-hybridized carbons (Fsp3) is 0.0690. The third-order valence-corrected chi connectivity index (χ3v) is 8.29. The molecule has 0 spiro atoms. The molecule has 0 aliphatic carbocycles. The predicted molar refractivity (Wildman–Crippen MR) is 150 cm³/mol. The minimum atomic E-state index is -0.895. The van der Waals surface area contributed by atoms with E-state index in [1.807, 2.05) is 42.5 Å². The maximum Gasteiger partial charge on any atom is 0.296 e. The molecular weight excluding hydrogens is 540 g/mol. The molecule has 9 heteroatoms. The van der Waals surface area contributed by atoms with Gasteiger partial charge in [0.15, 0.2) is 10.9 Å². The minimum Gasteiger partial charge on any atom is -0.503 e. The Morgan fingerprint density at radius 3 is 2.66 bits per heavy atom. The normalized spacial score (nSPS) is 15.4. The maximum atomic E-state index is 13.6. The Morgan fingerprint density at radius 2 is 1.87 bits per heavy atom. The van der Waals surface area contributed by atoms with Gasteiger partial charge in [0.2, 0.25) is 5.78 Å². The van der Waals surface area contributed by atoms with Crippen LogP contribution in [0.5, 0.6) is 5.75 Å². The minimum absolute atomic E-state index is 0.00921. The Kier molecular flexibility index (Phi) is 6.45. The first-order chi connectivity index (χ1) is 18.5. The van der Waals surface area contributed by atoms with E-state index in [0.717, 1.165) is 10.3 Å². The number of ether oxygens (including phenoxy) is 1. The number of aromatic nitrogens is 1. The number of benzene rings is 3. The summed E-state index contributed by atoms with van der Waals surface area (Å²) in [6.07, 6.45) is 0. The summed E-state index contributed by atoms with van der Waals surface area (Å²) in [4.78, 5) is 33.5. The molecule has 1 unspecified atom stereocenters. The van der Waals surface area contributed by atoms with E-state index in [2.05, 4.69) is 4.98 Å². The van der Waals surface area contributed by atoms with Crippen molar-refractivity contribution >= 4 is 61.3 Å². The number of hydrogen-bond acceptors (Lipinski definition) is 7. The van der Waals surface area contributed by atoms with Gasteiger partial charge < -0.3 is 9.84 Å². The predicted octanol–water partition coefficient (Wildman–Crippen LogP) is 7.37. The number of carbonyl (C=O) groups excluding carboxylic acids is 2. The number of nitrogens with zero attached hydrogens (tertiary/aromatic N) is 2. The van der Waals surface area contributed by atoms with Gasteiger partial charge in [0, 0.05) is 5.02 Å². The van der Waals surface area contributed by atoms with Crippen LogP contribution >= 0.6 is 34.3 Å². The summed E-state index contributed by atoms with van der Waals surface area (Å²) in [5.41, 5.74) is 2.30. The molecule has 1 amide bonds. The van der Waals surface area contributed by atoms with E-state index in [4.69, 9.17) is 16.3 Å². The fourth-order valence-electron chi connectivity index (χ4n) is 4.40. The molecular formula is C29H19ClN2O4S2. The highest BCUT2D eigenvalue weighted by Gasteiger charge is 2.46. The number of aliphatic hydroxyl groups is 1. The van der Waals surface area contributed by atoms with Gasteiger partial charge in [-0.15, -0.1) is 11.3 Å². The second-order valence-corrected chi connectivity index (χ2v) is 11.0. The zero-order valence-corrected chi connectivity index (χ0v) is 22.1. The van der Waals surface area contributed by atoms with Crippen molar-refractivity contribution in [1.29, 1.82) is 0 Å². The molecule has 0 saturated heterocycles. The smallest absolute Gasteiger partial charge is 0.296 e. The SMILES string of the molecule is O=C(C1=C(O)C(=O)N(c2nc3ccc(Cl)cc3s2)C1c1cccc(OCc2ccccc2)c1)c1cccs1. The first-order valence-corrected chi connectivity index (χ1v) is 13.7. The summed E-state index contributed by atoms with van der Waals surface area (Å²) in [6.45, 7) is 0.359. The number of Topliss-reactive ketones (excluding diaryl/α,β-unsaturated/α-hetero) is 1. The summed E-state index contributed by atoms with van der Waals surface area (Å²) in [7, 11) is 0. The van der Waals surface area contributed by atoms with Crippen molar-refractivity contribution in [2.45, 2.75) is 12.6 Å². The second kappa shape index (κ2) is 10.1. The number of rotatable bonds is 7. The molecule has 0 saturated carbocycles. The highest BCUT2D eigenvalue weighted by Crippen LogP contribution is 2.45. The Balaban J connectivity index is 1.43. The van der Waals surface area contributed by atoms with Crippen molar-refractivity contribution in [3.63, 3.8) is 0 Å². The average Bonchev–Trinajstić information content (AvgIpc) is 3.67. The molecule has 1 aliphatic heterocycles. The van der Waals surface area contributed by atoms with Crippen LogP contribution in [0.15, 0.2) is 102 Å². The van der Waals surface area contributed by atoms with Gasteiger partial charge in [-0.2, -0.15) is 0 Å². The Morgan fingerprint density at radius 1 is 1.03 bits per heavy atom. The molecule has 1 atom stereocenters. The largest absolute Gasteiger partial charge is 0.503 e. The first kappa shape index (κ1) is 24.4. The molecule has 1 N–H and O–H groups in total. The number of thiophene rings is 1. The monoisotopic (exact) mass is 558 g/mol. The zero-order valence-electron chi connectivity index (χ0n) is 19.7.